The number of pyridine rings is 1. The van der Waals surface area contributed by atoms with Crippen LogP contribution in [-0.2, 0) is 17.9 Å². The molecule has 2 aromatic heterocycles. The Balaban J connectivity index is 1.43. The van der Waals surface area contributed by atoms with E-state index in [1.807, 2.05) is 36.4 Å². The van der Waals surface area contributed by atoms with Crippen LogP contribution in [0.25, 0.3) is 0 Å². The van der Waals surface area contributed by atoms with Crippen LogP contribution in [0, 0.1) is 0 Å². The van der Waals surface area contributed by atoms with Crippen LogP contribution in [0.15, 0.2) is 71.8 Å². The molecule has 0 saturated carbocycles. The summed E-state index contributed by atoms with van der Waals surface area (Å²) in [6, 6.07) is 12.2. The van der Waals surface area contributed by atoms with E-state index in [4.69, 9.17) is 9.15 Å². The maximum atomic E-state index is 12.2. The van der Waals surface area contributed by atoms with Crippen LogP contribution >= 0.6 is 0 Å². The molecule has 1 aromatic carbocycles. The second-order valence-corrected chi connectivity index (χ2v) is 6.22. The van der Waals surface area contributed by atoms with Crippen LogP contribution in [0.1, 0.15) is 28.4 Å². The average molecular weight is 379 g/mol. The molecule has 2 heterocycles. The van der Waals surface area contributed by atoms with Gasteiger partial charge in [-0.1, -0.05) is 18.2 Å². The van der Waals surface area contributed by atoms with Crippen molar-refractivity contribution in [2.24, 2.45) is 0 Å². The Kier molecular flexibility index (Phi) is 6.41. The minimum Gasteiger partial charge on any atom is -0.489 e. The van der Waals surface area contributed by atoms with Gasteiger partial charge in [-0.3, -0.25) is 14.6 Å². The number of ether oxygens (including phenoxy) is 1. The highest BCUT2D eigenvalue weighted by atomic mass is 16.5. The molecule has 0 saturated heterocycles. The standard InChI is InChI=1S/C21H21N3O4/c1-15(24-21(26)18-8-10-27-14-18)20(25)23-12-16-4-6-19(7-5-16)28-13-17-3-2-9-22-11-17/h2-11,14-15H,12-13H2,1H3,(H,23,25)(H,24,26)/t15-/m1/s1. The number of furan rings is 1. The van der Waals surface area contributed by atoms with Crippen LogP contribution in [0.4, 0.5) is 0 Å². The SMILES string of the molecule is C[C@@H](NC(=O)c1ccoc1)C(=O)NCc1ccc(OCc2cccnc2)cc1. The Bertz CT molecular complexity index is 893. The van der Waals surface area contributed by atoms with Gasteiger partial charge < -0.3 is 19.8 Å². The molecule has 7 heteroatoms. The number of carbonyl (C=O) groups is 2. The van der Waals surface area contributed by atoms with Crippen molar-refractivity contribution in [3.8, 4) is 5.75 Å². The van der Waals surface area contributed by atoms with Gasteiger partial charge in [0.05, 0.1) is 11.8 Å². The average Bonchev–Trinajstić information content (AvgIpc) is 3.27. The molecule has 0 aliphatic heterocycles. The van der Waals surface area contributed by atoms with Crippen molar-refractivity contribution in [3.05, 3.63) is 84.1 Å². The molecule has 3 rings (SSSR count). The predicted octanol–water partition coefficient (Wildman–Crippen LogP) is 2.69. The van der Waals surface area contributed by atoms with Gasteiger partial charge in [-0.15, -0.1) is 0 Å². The highest BCUT2D eigenvalue weighted by molar-refractivity contribution is 5.97. The van der Waals surface area contributed by atoms with Gasteiger partial charge in [-0.2, -0.15) is 0 Å². The molecule has 28 heavy (non-hydrogen) atoms. The first-order valence-corrected chi connectivity index (χ1v) is 8.83. The summed E-state index contributed by atoms with van der Waals surface area (Å²) in [6.07, 6.45) is 6.22. The maximum Gasteiger partial charge on any atom is 0.255 e. The Morgan fingerprint density at radius 3 is 2.64 bits per heavy atom. The van der Waals surface area contributed by atoms with Gasteiger partial charge in [0.1, 0.15) is 24.7 Å². The summed E-state index contributed by atoms with van der Waals surface area (Å²) >= 11 is 0. The third-order valence-corrected chi connectivity index (χ3v) is 4.04. The molecule has 0 radical (unpaired) electrons. The third kappa shape index (κ3) is 5.44. The van der Waals surface area contributed by atoms with Crippen LogP contribution in [0.3, 0.4) is 0 Å². The zero-order valence-corrected chi connectivity index (χ0v) is 15.4. The fourth-order valence-electron chi connectivity index (χ4n) is 2.44. The van der Waals surface area contributed by atoms with E-state index in [1.165, 1.54) is 18.6 Å². The van der Waals surface area contributed by atoms with Gasteiger partial charge in [0.2, 0.25) is 5.91 Å². The van der Waals surface area contributed by atoms with Gasteiger partial charge in [-0.05, 0) is 36.8 Å². The second-order valence-electron chi connectivity index (χ2n) is 6.22. The molecule has 7 nitrogen and oxygen atoms in total. The van der Waals surface area contributed by atoms with Crippen LogP contribution < -0.4 is 15.4 Å². The summed E-state index contributed by atoms with van der Waals surface area (Å²) < 4.78 is 10.6. The van der Waals surface area contributed by atoms with Crippen LogP contribution in [0.2, 0.25) is 0 Å². The number of carbonyl (C=O) groups excluding carboxylic acids is 2. The molecule has 1 atom stereocenters. The first kappa shape index (κ1) is 19.2. The fourth-order valence-corrected chi connectivity index (χ4v) is 2.44. The summed E-state index contributed by atoms with van der Waals surface area (Å²) in [5, 5.41) is 5.42. The number of hydrogen-bond donors (Lipinski definition) is 2. The minimum atomic E-state index is -0.663. The second kappa shape index (κ2) is 9.36. The van der Waals surface area contributed by atoms with E-state index in [-0.39, 0.29) is 11.8 Å². The van der Waals surface area contributed by atoms with Crippen LogP contribution in [0.5, 0.6) is 5.75 Å². The fraction of sp³-hybridized carbons (Fsp3) is 0.190. The normalized spacial score (nSPS) is 11.5. The molecule has 0 aliphatic rings. The van der Waals surface area contributed by atoms with Crippen molar-refractivity contribution in [1.29, 1.82) is 0 Å². The molecule has 0 fully saturated rings. The Labute approximate surface area is 162 Å². The van der Waals surface area contributed by atoms with Crippen molar-refractivity contribution in [2.45, 2.75) is 26.1 Å². The molecular weight excluding hydrogens is 358 g/mol. The molecule has 2 amide bonds. The van der Waals surface area contributed by atoms with Gasteiger partial charge in [-0.25, -0.2) is 0 Å². The van der Waals surface area contributed by atoms with E-state index >= 15 is 0 Å². The number of nitrogens with one attached hydrogen (secondary N) is 2. The van der Waals surface area contributed by atoms with Crippen LogP contribution in [-0.4, -0.2) is 22.8 Å². The van der Waals surface area contributed by atoms with Gasteiger partial charge in [0.15, 0.2) is 0 Å². The monoisotopic (exact) mass is 379 g/mol. The van der Waals surface area contributed by atoms with E-state index in [0.29, 0.717) is 18.7 Å². The lowest BCUT2D eigenvalue weighted by Gasteiger charge is -2.14. The molecule has 0 aliphatic carbocycles. The summed E-state index contributed by atoms with van der Waals surface area (Å²) in [6.45, 7) is 2.42. The molecule has 144 valence electrons. The molecule has 0 unspecified atom stereocenters. The van der Waals surface area contributed by atoms with E-state index < -0.39 is 6.04 Å². The van der Waals surface area contributed by atoms with Crippen molar-refractivity contribution in [1.82, 2.24) is 15.6 Å². The Morgan fingerprint density at radius 1 is 1.14 bits per heavy atom. The van der Waals surface area contributed by atoms with E-state index in [0.717, 1.165) is 16.9 Å². The molecule has 3 aromatic rings. The lowest BCUT2D eigenvalue weighted by Crippen LogP contribution is -2.44. The Hall–Kier alpha value is -3.61. The van der Waals surface area contributed by atoms with Crippen molar-refractivity contribution in [3.63, 3.8) is 0 Å². The first-order chi connectivity index (χ1) is 13.6. The van der Waals surface area contributed by atoms with E-state index in [9.17, 15) is 9.59 Å². The molecule has 0 spiro atoms. The third-order valence-electron chi connectivity index (χ3n) is 4.04. The van der Waals surface area contributed by atoms with Gasteiger partial charge in [0, 0.05) is 24.5 Å². The number of nitrogens with zero attached hydrogens (tertiary/aromatic N) is 1. The topological polar surface area (TPSA) is 93.5 Å². The van der Waals surface area contributed by atoms with Gasteiger partial charge in [0.25, 0.3) is 5.91 Å². The number of hydrogen-bond acceptors (Lipinski definition) is 5. The highest BCUT2D eigenvalue weighted by Gasteiger charge is 2.16. The zero-order chi connectivity index (χ0) is 19.8. The van der Waals surface area contributed by atoms with E-state index in [1.54, 1.807) is 19.3 Å². The zero-order valence-electron chi connectivity index (χ0n) is 15.4. The lowest BCUT2D eigenvalue weighted by molar-refractivity contribution is -0.122. The quantitative estimate of drug-likeness (QED) is 0.628. The lowest BCUT2D eigenvalue weighted by atomic mass is 10.2. The molecule has 2 N–H and O–H groups in total. The minimum absolute atomic E-state index is 0.270. The van der Waals surface area contributed by atoms with Gasteiger partial charge >= 0.3 is 0 Å². The summed E-state index contributed by atoms with van der Waals surface area (Å²) in [5.74, 6) is 0.111. The first-order valence-electron chi connectivity index (χ1n) is 8.83. The Morgan fingerprint density at radius 2 is 1.96 bits per heavy atom. The number of aromatic nitrogens is 1. The van der Waals surface area contributed by atoms with Crippen molar-refractivity contribution >= 4 is 11.8 Å². The van der Waals surface area contributed by atoms with E-state index in [2.05, 4.69) is 15.6 Å². The largest absolute Gasteiger partial charge is 0.489 e. The predicted molar refractivity (Wildman–Crippen MR) is 102 cm³/mol. The maximum absolute atomic E-state index is 12.2. The summed E-state index contributed by atoms with van der Waals surface area (Å²) in [5.41, 5.74) is 2.29. The number of rotatable bonds is 8. The summed E-state index contributed by atoms with van der Waals surface area (Å²) in [4.78, 5) is 28.1. The number of benzene rings is 1. The smallest absolute Gasteiger partial charge is 0.255 e. The van der Waals surface area contributed by atoms with Crippen molar-refractivity contribution < 1.29 is 18.7 Å². The van der Waals surface area contributed by atoms with Crippen molar-refractivity contribution in [2.75, 3.05) is 0 Å². The highest BCUT2D eigenvalue weighted by Crippen LogP contribution is 2.14. The molecular formula is C21H21N3O4. The molecule has 0 bridgehead atoms. The number of amides is 2. The summed E-state index contributed by atoms with van der Waals surface area (Å²) in [7, 11) is 0.